The predicted octanol–water partition coefficient (Wildman–Crippen LogP) is 2.27. The van der Waals surface area contributed by atoms with E-state index in [2.05, 4.69) is 15.0 Å². The number of hydrogen-bond donors (Lipinski definition) is 1. The van der Waals surface area contributed by atoms with Crippen LogP contribution in [0.3, 0.4) is 0 Å². The third-order valence-corrected chi connectivity index (χ3v) is 4.58. The number of aryl methyl sites for hydroxylation is 1. The summed E-state index contributed by atoms with van der Waals surface area (Å²) >= 11 is 1.29. The van der Waals surface area contributed by atoms with Crippen LogP contribution in [0.15, 0.2) is 12.3 Å². The van der Waals surface area contributed by atoms with E-state index >= 15 is 0 Å². The second kappa shape index (κ2) is 4.70. The molecule has 1 fully saturated rings. The Morgan fingerprint density at radius 1 is 1.42 bits per heavy atom. The normalized spacial score (nSPS) is 15.2. The van der Waals surface area contributed by atoms with E-state index < -0.39 is 5.91 Å². The molecular weight excluding hydrogens is 260 g/mol. The molecule has 0 bridgehead atoms. The Labute approximate surface area is 114 Å². The molecule has 5 nitrogen and oxygen atoms in total. The van der Waals surface area contributed by atoms with Gasteiger partial charge in [-0.15, -0.1) is 11.3 Å². The standard InChI is InChI=1S/C13H14N4OS/c1-7-10(19-13(16-7)11(14)18)9-5-6-15-12(17-9)8-3-2-4-8/h5-6,8H,2-4H2,1H3,(H2,14,18). The fraction of sp³-hybridized carbons (Fsp3) is 0.385. The molecule has 0 unspecified atom stereocenters. The third-order valence-electron chi connectivity index (χ3n) is 3.38. The summed E-state index contributed by atoms with van der Waals surface area (Å²) < 4.78 is 0. The molecule has 2 heterocycles. The Bertz CT molecular complexity index is 633. The Morgan fingerprint density at radius 2 is 2.21 bits per heavy atom. The van der Waals surface area contributed by atoms with Crippen LogP contribution < -0.4 is 5.73 Å². The summed E-state index contributed by atoms with van der Waals surface area (Å²) in [5, 5.41) is 0.330. The molecule has 0 aromatic carbocycles. The molecule has 0 atom stereocenters. The zero-order valence-electron chi connectivity index (χ0n) is 10.6. The minimum atomic E-state index is -0.493. The van der Waals surface area contributed by atoms with Gasteiger partial charge in [-0.25, -0.2) is 15.0 Å². The van der Waals surface area contributed by atoms with Crippen molar-refractivity contribution >= 4 is 17.2 Å². The van der Waals surface area contributed by atoms with Crippen LogP contribution in [0.25, 0.3) is 10.6 Å². The largest absolute Gasteiger partial charge is 0.364 e. The van der Waals surface area contributed by atoms with E-state index in [1.807, 2.05) is 13.0 Å². The van der Waals surface area contributed by atoms with Gasteiger partial charge >= 0.3 is 0 Å². The fourth-order valence-corrected chi connectivity index (χ4v) is 2.99. The Balaban J connectivity index is 1.99. The van der Waals surface area contributed by atoms with Gasteiger partial charge in [-0.1, -0.05) is 6.42 Å². The summed E-state index contributed by atoms with van der Waals surface area (Å²) in [7, 11) is 0. The lowest BCUT2D eigenvalue weighted by atomic mass is 9.85. The quantitative estimate of drug-likeness (QED) is 0.930. The maximum atomic E-state index is 11.2. The van der Waals surface area contributed by atoms with Crippen LogP contribution in [0.4, 0.5) is 0 Å². The van der Waals surface area contributed by atoms with Gasteiger partial charge in [-0.05, 0) is 25.8 Å². The van der Waals surface area contributed by atoms with Gasteiger partial charge in [0.25, 0.3) is 5.91 Å². The number of aromatic nitrogens is 3. The topological polar surface area (TPSA) is 81.8 Å². The Kier molecular flexibility index (Phi) is 3.02. The highest BCUT2D eigenvalue weighted by Gasteiger charge is 2.23. The minimum Gasteiger partial charge on any atom is -0.364 e. The highest BCUT2D eigenvalue weighted by atomic mass is 32.1. The van der Waals surface area contributed by atoms with E-state index in [-0.39, 0.29) is 0 Å². The van der Waals surface area contributed by atoms with E-state index in [0.717, 1.165) is 34.9 Å². The number of nitrogens with zero attached hydrogens (tertiary/aromatic N) is 3. The Hall–Kier alpha value is -1.82. The number of primary amides is 1. The van der Waals surface area contributed by atoms with Crippen molar-refractivity contribution < 1.29 is 4.79 Å². The van der Waals surface area contributed by atoms with Crippen LogP contribution in [-0.2, 0) is 0 Å². The molecule has 19 heavy (non-hydrogen) atoms. The maximum Gasteiger partial charge on any atom is 0.277 e. The van der Waals surface area contributed by atoms with Crippen molar-refractivity contribution in [1.82, 2.24) is 15.0 Å². The third kappa shape index (κ3) is 2.23. The molecular formula is C13H14N4OS. The monoisotopic (exact) mass is 274 g/mol. The van der Waals surface area contributed by atoms with Crippen LogP contribution in [-0.4, -0.2) is 20.9 Å². The smallest absolute Gasteiger partial charge is 0.277 e. The number of hydrogen-bond acceptors (Lipinski definition) is 5. The number of thiazole rings is 1. The molecule has 98 valence electrons. The molecule has 1 saturated carbocycles. The average molecular weight is 274 g/mol. The zero-order chi connectivity index (χ0) is 13.4. The van der Waals surface area contributed by atoms with Crippen molar-refractivity contribution in [3.8, 4) is 10.6 Å². The summed E-state index contributed by atoms with van der Waals surface area (Å²) in [6.45, 7) is 1.86. The van der Waals surface area contributed by atoms with Gasteiger partial charge in [0.2, 0.25) is 0 Å². The molecule has 2 aromatic heterocycles. The SMILES string of the molecule is Cc1nc(C(N)=O)sc1-c1ccnc(C2CCC2)n1. The summed E-state index contributed by atoms with van der Waals surface area (Å²) in [6, 6.07) is 1.85. The van der Waals surface area contributed by atoms with Crippen molar-refractivity contribution in [3.63, 3.8) is 0 Å². The van der Waals surface area contributed by atoms with Crippen LogP contribution in [0, 0.1) is 6.92 Å². The van der Waals surface area contributed by atoms with Crippen LogP contribution >= 0.6 is 11.3 Å². The lowest BCUT2D eigenvalue weighted by Gasteiger charge is -2.23. The second-order valence-electron chi connectivity index (χ2n) is 4.73. The lowest BCUT2D eigenvalue weighted by molar-refractivity contribution is 0.1000. The van der Waals surface area contributed by atoms with Crippen LogP contribution in [0.5, 0.6) is 0 Å². The molecule has 0 saturated heterocycles. The van der Waals surface area contributed by atoms with Gasteiger partial charge in [0, 0.05) is 12.1 Å². The number of carbonyl (C=O) groups excluding carboxylic acids is 1. The summed E-state index contributed by atoms with van der Waals surface area (Å²) in [5.41, 5.74) is 6.88. The first-order valence-corrected chi connectivity index (χ1v) is 7.07. The van der Waals surface area contributed by atoms with E-state index in [1.54, 1.807) is 6.20 Å². The first-order valence-electron chi connectivity index (χ1n) is 6.25. The Morgan fingerprint density at radius 3 is 2.79 bits per heavy atom. The summed E-state index contributed by atoms with van der Waals surface area (Å²) in [4.78, 5) is 25.2. The first-order chi connectivity index (χ1) is 9.15. The van der Waals surface area contributed by atoms with Gasteiger partial charge < -0.3 is 5.73 Å². The molecule has 2 aromatic rings. The predicted molar refractivity (Wildman–Crippen MR) is 73.0 cm³/mol. The van der Waals surface area contributed by atoms with Crippen LogP contribution in [0.1, 0.15) is 46.5 Å². The molecule has 6 heteroatoms. The maximum absolute atomic E-state index is 11.2. The van der Waals surface area contributed by atoms with Crippen molar-refractivity contribution in [2.24, 2.45) is 5.73 Å². The van der Waals surface area contributed by atoms with Gasteiger partial charge in [0.05, 0.1) is 16.3 Å². The number of amides is 1. The first kappa shape index (κ1) is 12.2. The fourth-order valence-electron chi connectivity index (χ4n) is 2.10. The molecule has 3 rings (SSSR count). The van der Waals surface area contributed by atoms with Gasteiger partial charge in [0.1, 0.15) is 5.82 Å². The molecule has 1 amide bonds. The lowest BCUT2D eigenvalue weighted by Crippen LogP contribution is -2.12. The van der Waals surface area contributed by atoms with E-state index in [1.165, 1.54) is 17.8 Å². The summed E-state index contributed by atoms with van der Waals surface area (Å²) in [5.74, 6) is 0.897. The number of carbonyl (C=O) groups is 1. The second-order valence-corrected chi connectivity index (χ2v) is 5.72. The molecule has 1 aliphatic rings. The summed E-state index contributed by atoms with van der Waals surface area (Å²) in [6.07, 6.45) is 5.36. The molecule has 0 aliphatic heterocycles. The van der Waals surface area contributed by atoms with Gasteiger partial charge in [-0.2, -0.15) is 0 Å². The number of nitrogens with two attached hydrogens (primary N) is 1. The van der Waals surface area contributed by atoms with Crippen molar-refractivity contribution in [1.29, 1.82) is 0 Å². The molecule has 1 aliphatic carbocycles. The van der Waals surface area contributed by atoms with E-state index in [0.29, 0.717) is 10.9 Å². The van der Waals surface area contributed by atoms with E-state index in [9.17, 15) is 4.79 Å². The average Bonchev–Trinajstić information content (AvgIpc) is 2.70. The van der Waals surface area contributed by atoms with Gasteiger partial charge in [0.15, 0.2) is 5.01 Å². The van der Waals surface area contributed by atoms with Crippen molar-refractivity contribution in [2.45, 2.75) is 32.1 Å². The molecule has 0 radical (unpaired) electrons. The van der Waals surface area contributed by atoms with Crippen molar-refractivity contribution in [3.05, 3.63) is 28.8 Å². The minimum absolute atomic E-state index is 0.330. The van der Waals surface area contributed by atoms with Crippen LogP contribution in [0.2, 0.25) is 0 Å². The zero-order valence-corrected chi connectivity index (χ0v) is 11.4. The van der Waals surface area contributed by atoms with Gasteiger partial charge in [-0.3, -0.25) is 4.79 Å². The number of rotatable bonds is 3. The highest BCUT2D eigenvalue weighted by Crippen LogP contribution is 2.35. The molecule has 0 spiro atoms. The van der Waals surface area contributed by atoms with Crippen molar-refractivity contribution in [2.75, 3.05) is 0 Å². The molecule has 2 N–H and O–H groups in total. The van der Waals surface area contributed by atoms with E-state index in [4.69, 9.17) is 5.73 Å². The highest BCUT2D eigenvalue weighted by molar-refractivity contribution is 7.17.